The van der Waals surface area contributed by atoms with Gasteiger partial charge in [0.05, 0.1) is 27.2 Å². The quantitative estimate of drug-likeness (QED) is 0.875. The Kier molecular flexibility index (Phi) is 4.70. The molecule has 3 nitrogen and oxygen atoms in total. The van der Waals surface area contributed by atoms with Crippen LogP contribution in [0.15, 0.2) is 36.4 Å². The van der Waals surface area contributed by atoms with E-state index in [0.717, 1.165) is 11.3 Å². The van der Waals surface area contributed by atoms with E-state index in [1.54, 1.807) is 24.3 Å². The summed E-state index contributed by atoms with van der Waals surface area (Å²) in [4.78, 5) is 0. The van der Waals surface area contributed by atoms with E-state index >= 15 is 0 Å². The lowest BCUT2D eigenvalue weighted by molar-refractivity contribution is 0.885. The molecule has 0 radical (unpaired) electrons. The summed E-state index contributed by atoms with van der Waals surface area (Å²) in [6, 6.07) is 14.4. The second-order valence-electron chi connectivity index (χ2n) is 4.49. The van der Waals surface area contributed by atoms with Crippen molar-refractivity contribution < 1.29 is 0 Å². The maximum atomic E-state index is 9.04. The molecule has 0 aromatic heterocycles. The second kappa shape index (κ2) is 6.50. The zero-order chi connectivity index (χ0) is 15.4. The third-order valence-corrected chi connectivity index (χ3v) is 3.93. The van der Waals surface area contributed by atoms with Crippen molar-refractivity contribution in [3.05, 3.63) is 63.1 Å². The van der Waals surface area contributed by atoms with E-state index < -0.39 is 0 Å². The molecule has 1 N–H and O–H groups in total. The largest absolute Gasteiger partial charge is 0.378 e. The maximum absolute atomic E-state index is 9.04. The first-order valence-electron chi connectivity index (χ1n) is 6.21. The molecule has 0 amide bonds. The molecule has 2 aromatic rings. The van der Waals surface area contributed by atoms with Crippen LogP contribution in [-0.2, 0) is 0 Å². The Morgan fingerprint density at radius 1 is 1.05 bits per heavy atom. The van der Waals surface area contributed by atoms with E-state index in [9.17, 15) is 0 Å². The van der Waals surface area contributed by atoms with Crippen LogP contribution < -0.4 is 5.32 Å². The predicted molar refractivity (Wildman–Crippen MR) is 84.4 cm³/mol. The fourth-order valence-corrected chi connectivity index (χ4v) is 2.48. The van der Waals surface area contributed by atoms with Crippen LogP contribution in [0.5, 0.6) is 0 Å². The van der Waals surface area contributed by atoms with Crippen LogP contribution in [0.3, 0.4) is 0 Å². The minimum absolute atomic E-state index is 0.0873. The summed E-state index contributed by atoms with van der Waals surface area (Å²) in [6.07, 6.45) is 0. The molecule has 0 saturated carbocycles. The average Bonchev–Trinajstić information content (AvgIpc) is 2.49. The molecule has 1 atom stereocenters. The molecule has 5 heteroatoms. The molecule has 1 unspecified atom stereocenters. The van der Waals surface area contributed by atoms with Gasteiger partial charge < -0.3 is 5.32 Å². The van der Waals surface area contributed by atoms with Gasteiger partial charge in [-0.2, -0.15) is 10.5 Å². The number of hydrogen-bond acceptors (Lipinski definition) is 3. The summed E-state index contributed by atoms with van der Waals surface area (Å²) < 4.78 is 0. The van der Waals surface area contributed by atoms with Gasteiger partial charge in [-0.1, -0.05) is 35.3 Å². The Balaban J connectivity index is 2.28. The van der Waals surface area contributed by atoms with Crippen molar-refractivity contribution in [1.82, 2.24) is 0 Å². The Bertz CT molecular complexity index is 757. The van der Waals surface area contributed by atoms with Gasteiger partial charge in [-0.3, -0.25) is 0 Å². The number of rotatable bonds is 3. The Morgan fingerprint density at radius 2 is 1.76 bits per heavy atom. The summed E-state index contributed by atoms with van der Waals surface area (Å²) in [7, 11) is 0. The molecule has 104 valence electrons. The van der Waals surface area contributed by atoms with E-state index in [1.807, 2.05) is 31.2 Å². The van der Waals surface area contributed by atoms with Crippen LogP contribution in [0, 0.1) is 22.7 Å². The van der Waals surface area contributed by atoms with Crippen molar-refractivity contribution in [3.8, 4) is 12.1 Å². The third kappa shape index (κ3) is 3.28. The first-order chi connectivity index (χ1) is 10.1. The van der Waals surface area contributed by atoms with Crippen molar-refractivity contribution in [2.24, 2.45) is 0 Å². The first kappa shape index (κ1) is 15.2. The standard InChI is InChI=1S/C16H11Cl2N3/c1-10(14-3-2-4-15(17)16(14)18)21-13-6-5-11(8-19)12(7-13)9-20/h2-7,10,21H,1H3. The summed E-state index contributed by atoms with van der Waals surface area (Å²) in [5, 5.41) is 22.2. The molecule has 21 heavy (non-hydrogen) atoms. The number of nitriles is 2. The minimum Gasteiger partial charge on any atom is -0.378 e. The van der Waals surface area contributed by atoms with Crippen LogP contribution in [0.4, 0.5) is 5.69 Å². The number of halogens is 2. The molecule has 0 fully saturated rings. The minimum atomic E-state index is -0.0873. The smallest absolute Gasteiger partial charge is 0.101 e. The van der Waals surface area contributed by atoms with E-state index in [0.29, 0.717) is 21.2 Å². The highest BCUT2D eigenvalue weighted by molar-refractivity contribution is 6.42. The average molecular weight is 316 g/mol. The van der Waals surface area contributed by atoms with Gasteiger partial charge in [0.25, 0.3) is 0 Å². The Morgan fingerprint density at radius 3 is 2.43 bits per heavy atom. The fraction of sp³-hybridized carbons (Fsp3) is 0.125. The van der Waals surface area contributed by atoms with E-state index in [-0.39, 0.29) is 6.04 Å². The summed E-state index contributed by atoms with van der Waals surface area (Å²) in [5.41, 5.74) is 2.31. The van der Waals surface area contributed by atoms with Gasteiger partial charge in [0, 0.05) is 5.69 Å². The molecule has 0 aliphatic heterocycles. The van der Waals surface area contributed by atoms with Gasteiger partial charge in [-0.15, -0.1) is 0 Å². The van der Waals surface area contributed by atoms with Gasteiger partial charge in [0.15, 0.2) is 0 Å². The number of nitrogens with zero attached hydrogens (tertiary/aromatic N) is 2. The molecular weight excluding hydrogens is 305 g/mol. The van der Waals surface area contributed by atoms with Crippen LogP contribution in [-0.4, -0.2) is 0 Å². The zero-order valence-electron chi connectivity index (χ0n) is 11.2. The van der Waals surface area contributed by atoms with Crippen LogP contribution in [0.2, 0.25) is 10.0 Å². The van der Waals surface area contributed by atoms with Crippen LogP contribution in [0.1, 0.15) is 29.7 Å². The van der Waals surface area contributed by atoms with Gasteiger partial charge in [-0.25, -0.2) is 0 Å². The SMILES string of the molecule is CC(Nc1ccc(C#N)c(C#N)c1)c1cccc(Cl)c1Cl. The topological polar surface area (TPSA) is 59.6 Å². The summed E-state index contributed by atoms with van der Waals surface area (Å²) >= 11 is 12.2. The van der Waals surface area contributed by atoms with E-state index in [4.69, 9.17) is 33.7 Å². The second-order valence-corrected chi connectivity index (χ2v) is 5.28. The Labute approximate surface area is 133 Å². The fourth-order valence-electron chi connectivity index (χ4n) is 2.01. The molecule has 0 saturated heterocycles. The monoisotopic (exact) mass is 315 g/mol. The number of anilines is 1. The lowest BCUT2D eigenvalue weighted by Crippen LogP contribution is -2.07. The zero-order valence-corrected chi connectivity index (χ0v) is 12.7. The lowest BCUT2D eigenvalue weighted by atomic mass is 10.1. The highest BCUT2D eigenvalue weighted by Gasteiger charge is 2.12. The molecule has 0 spiro atoms. The van der Waals surface area contributed by atoms with E-state index in [2.05, 4.69) is 5.32 Å². The van der Waals surface area contributed by atoms with Crippen molar-refractivity contribution in [1.29, 1.82) is 10.5 Å². The first-order valence-corrected chi connectivity index (χ1v) is 6.97. The van der Waals surface area contributed by atoms with Gasteiger partial charge in [0.2, 0.25) is 0 Å². The van der Waals surface area contributed by atoms with Crippen molar-refractivity contribution >= 4 is 28.9 Å². The highest BCUT2D eigenvalue weighted by atomic mass is 35.5. The van der Waals surface area contributed by atoms with E-state index in [1.165, 1.54) is 0 Å². The van der Waals surface area contributed by atoms with Crippen molar-refractivity contribution in [2.45, 2.75) is 13.0 Å². The van der Waals surface area contributed by atoms with Crippen LogP contribution >= 0.6 is 23.2 Å². The van der Waals surface area contributed by atoms with Gasteiger partial charge >= 0.3 is 0 Å². The third-order valence-electron chi connectivity index (χ3n) is 3.09. The highest BCUT2D eigenvalue weighted by Crippen LogP contribution is 2.31. The van der Waals surface area contributed by atoms with Gasteiger partial charge in [-0.05, 0) is 36.8 Å². The lowest BCUT2D eigenvalue weighted by Gasteiger charge is -2.18. The molecule has 2 aromatic carbocycles. The molecular formula is C16H11Cl2N3. The molecule has 0 bridgehead atoms. The Hall–Kier alpha value is -2.20. The molecule has 0 heterocycles. The molecule has 0 aliphatic rings. The molecule has 2 rings (SSSR count). The number of nitrogens with one attached hydrogen (secondary N) is 1. The maximum Gasteiger partial charge on any atom is 0.101 e. The number of hydrogen-bond donors (Lipinski definition) is 1. The molecule has 0 aliphatic carbocycles. The predicted octanol–water partition coefficient (Wildman–Crippen LogP) is 4.91. The normalized spacial score (nSPS) is 11.3. The van der Waals surface area contributed by atoms with Crippen molar-refractivity contribution in [2.75, 3.05) is 5.32 Å². The van der Waals surface area contributed by atoms with Crippen molar-refractivity contribution in [3.63, 3.8) is 0 Å². The number of benzene rings is 2. The summed E-state index contributed by atoms with van der Waals surface area (Å²) in [5.74, 6) is 0. The van der Waals surface area contributed by atoms with Crippen LogP contribution in [0.25, 0.3) is 0 Å². The van der Waals surface area contributed by atoms with Gasteiger partial charge in [0.1, 0.15) is 12.1 Å². The summed E-state index contributed by atoms with van der Waals surface area (Å²) in [6.45, 7) is 1.95.